The number of benzene rings is 2. The number of anilines is 1. The molecular formula is C19H16FN5O. The SMILES string of the molecule is Cn1c(-c2ccc3nccnc3c2)c(-c2ccc(F)c(N)c2)c(=O)n1C. The van der Waals surface area contributed by atoms with Crippen LogP contribution in [-0.4, -0.2) is 19.3 Å². The third-order valence-electron chi connectivity index (χ3n) is 4.55. The maximum absolute atomic E-state index is 13.6. The average molecular weight is 349 g/mol. The molecule has 6 nitrogen and oxygen atoms in total. The smallest absolute Gasteiger partial charge is 0.274 e. The molecule has 0 saturated heterocycles. The number of halogens is 1. The molecule has 4 aromatic rings. The summed E-state index contributed by atoms with van der Waals surface area (Å²) >= 11 is 0. The lowest BCUT2D eigenvalue weighted by atomic mass is 10.0. The van der Waals surface area contributed by atoms with Gasteiger partial charge in [-0.2, -0.15) is 0 Å². The fourth-order valence-corrected chi connectivity index (χ4v) is 3.11. The Hall–Kier alpha value is -3.48. The summed E-state index contributed by atoms with van der Waals surface area (Å²) in [5.41, 5.74) is 9.57. The molecule has 0 spiro atoms. The number of nitrogens with two attached hydrogens (primary N) is 1. The lowest BCUT2D eigenvalue weighted by Crippen LogP contribution is -2.17. The van der Waals surface area contributed by atoms with Gasteiger partial charge >= 0.3 is 0 Å². The van der Waals surface area contributed by atoms with E-state index in [-0.39, 0.29) is 11.2 Å². The highest BCUT2D eigenvalue weighted by Crippen LogP contribution is 2.32. The molecule has 0 aliphatic heterocycles. The minimum Gasteiger partial charge on any atom is -0.396 e. The summed E-state index contributed by atoms with van der Waals surface area (Å²) < 4.78 is 16.8. The lowest BCUT2D eigenvalue weighted by molar-refractivity contribution is 0.584. The van der Waals surface area contributed by atoms with Gasteiger partial charge in [-0.15, -0.1) is 0 Å². The molecular weight excluding hydrogens is 333 g/mol. The zero-order valence-electron chi connectivity index (χ0n) is 14.3. The molecule has 0 saturated carbocycles. The molecule has 0 amide bonds. The molecule has 0 unspecified atom stereocenters. The van der Waals surface area contributed by atoms with Gasteiger partial charge in [0.05, 0.1) is 28.0 Å². The summed E-state index contributed by atoms with van der Waals surface area (Å²) in [4.78, 5) is 21.4. The predicted octanol–water partition coefficient (Wildman–Crippen LogP) is 2.72. The number of fused-ring (bicyclic) bond motifs is 1. The number of nitrogens with zero attached hydrogens (tertiary/aromatic N) is 4. The van der Waals surface area contributed by atoms with E-state index in [0.717, 1.165) is 16.6 Å². The molecule has 0 radical (unpaired) electrons. The summed E-state index contributed by atoms with van der Waals surface area (Å²) in [5, 5.41) is 0. The van der Waals surface area contributed by atoms with Crippen molar-refractivity contribution in [1.82, 2.24) is 19.3 Å². The van der Waals surface area contributed by atoms with Gasteiger partial charge in [-0.3, -0.25) is 24.1 Å². The molecule has 0 atom stereocenters. The molecule has 130 valence electrons. The molecule has 0 fully saturated rings. The van der Waals surface area contributed by atoms with Gasteiger partial charge in [0.25, 0.3) is 5.56 Å². The quantitative estimate of drug-likeness (QED) is 0.565. The Bertz CT molecular complexity index is 1210. The van der Waals surface area contributed by atoms with E-state index in [0.29, 0.717) is 16.8 Å². The Morgan fingerprint density at radius 1 is 0.923 bits per heavy atom. The van der Waals surface area contributed by atoms with Crippen molar-refractivity contribution in [1.29, 1.82) is 0 Å². The van der Waals surface area contributed by atoms with E-state index in [4.69, 9.17) is 5.73 Å². The third-order valence-corrected chi connectivity index (χ3v) is 4.55. The predicted molar refractivity (Wildman–Crippen MR) is 99.0 cm³/mol. The van der Waals surface area contributed by atoms with Crippen LogP contribution in [0, 0.1) is 5.82 Å². The molecule has 4 rings (SSSR count). The summed E-state index contributed by atoms with van der Waals surface area (Å²) in [7, 11) is 3.48. The standard InChI is InChI=1S/C19H16FN5O/c1-24-18(12-4-6-15-16(10-12)23-8-7-22-15)17(19(26)25(24)2)11-3-5-13(20)14(21)9-11/h3-10H,21H2,1-2H3. The molecule has 7 heteroatoms. The van der Waals surface area contributed by atoms with Gasteiger partial charge in [0.15, 0.2) is 0 Å². The fourth-order valence-electron chi connectivity index (χ4n) is 3.11. The summed E-state index contributed by atoms with van der Waals surface area (Å²) in [5.74, 6) is -0.510. The Labute approximate surface area is 148 Å². The second-order valence-electron chi connectivity index (χ2n) is 6.07. The van der Waals surface area contributed by atoms with Crippen LogP contribution in [0.1, 0.15) is 0 Å². The Balaban J connectivity index is 2.02. The molecule has 2 aromatic carbocycles. The van der Waals surface area contributed by atoms with Crippen LogP contribution in [0.15, 0.2) is 53.6 Å². The molecule has 0 aliphatic rings. The highest BCUT2D eigenvalue weighted by molar-refractivity contribution is 5.87. The van der Waals surface area contributed by atoms with E-state index in [1.165, 1.54) is 16.8 Å². The van der Waals surface area contributed by atoms with Crippen molar-refractivity contribution in [2.45, 2.75) is 0 Å². The Morgan fingerprint density at radius 2 is 1.62 bits per heavy atom. The minimum atomic E-state index is -0.510. The maximum Gasteiger partial charge on any atom is 0.274 e. The highest BCUT2D eigenvalue weighted by atomic mass is 19.1. The van der Waals surface area contributed by atoms with E-state index in [2.05, 4.69) is 9.97 Å². The largest absolute Gasteiger partial charge is 0.396 e. The van der Waals surface area contributed by atoms with Gasteiger partial charge in [0, 0.05) is 32.1 Å². The monoisotopic (exact) mass is 349 g/mol. The summed E-state index contributed by atoms with van der Waals surface area (Å²) in [6, 6.07) is 9.95. The lowest BCUT2D eigenvalue weighted by Gasteiger charge is -2.09. The molecule has 2 aromatic heterocycles. The van der Waals surface area contributed by atoms with Gasteiger partial charge in [0.2, 0.25) is 0 Å². The second-order valence-corrected chi connectivity index (χ2v) is 6.07. The van der Waals surface area contributed by atoms with Crippen molar-refractivity contribution in [3.8, 4) is 22.4 Å². The molecule has 2 N–H and O–H groups in total. The molecule has 0 aliphatic carbocycles. The van der Waals surface area contributed by atoms with Crippen LogP contribution in [-0.2, 0) is 14.1 Å². The first kappa shape index (κ1) is 16.0. The van der Waals surface area contributed by atoms with Gasteiger partial charge < -0.3 is 5.73 Å². The minimum absolute atomic E-state index is 0.00346. The third kappa shape index (κ3) is 2.36. The average Bonchev–Trinajstić information content (AvgIpc) is 2.88. The van der Waals surface area contributed by atoms with E-state index in [1.807, 2.05) is 18.2 Å². The summed E-state index contributed by atoms with van der Waals surface area (Å²) in [6.45, 7) is 0. The van der Waals surface area contributed by atoms with Crippen LogP contribution in [0.5, 0.6) is 0 Å². The number of rotatable bonds is 2. The molecule has 0 bridgehead atoms. The summed E-state index contributed by atoms with van der Waals surface area (Å²) in [6.07, 6.45) is 3.25. The topological polar surface area (TPSA) is 78.7 Å². The maximum atomic E-state index is 13.6. The molecule has 2 heterocycles. The van der Waals surface area contributed by atoms with Gasteiger partial charge in [-0.25, -0.2) is 4.39 Å². The van der Waals surface area contributed by atoms with Crippen molar-refractivity contribution in [2.75, 3.05) is 5.73 Å². The van der Waals surface area contributed by atoms with Gasteiger partial charge in [-0.05, 0) is 29.8 Å². The van der Waals surface area contributed by atoms with Crippen LogP contribution in [0.4, 0.5) is 10.1 Å². The number of nitrogen functional groups attached to an aromatic ring is 1. The fraction of sp³-hybridized carbons (Fsp3) is 0.105. The van der Waals surface area contributed by atoms with E-state index >= 15 is 0 Å². The van der Waals surface area contributed by atoms with Crippen molar-refractivity contribution < 1.29 is 4.39 Å². The van der Waals surface area contributed by atoms with E-state index in [1.54, 1.807) is 37.2 Å². The Kier molecular flexibility index (Phi) is 3.57. The van der Waals surface area contributed by atoms with Gasteiger partial charge in [0.1, 0.15) is 5.82 Å². The first-order chi connectivity index (χ1) is 12.5. The normalized spacial score (nSPS) is 11.2. The number of hydrogen-bond acceptors (Lipinski definition) is 4. The Morgan fingerprint density at radius 3 is 2.35 bits per heavy atom. The molecule has 26 heavy (non-hydrogen) atoms. The van der Waals surface area contributed by atoms with E-state index < -0.39 is 5.82 Å². The number of hydrogen-bond donors (Lipinski definition) is 1. The van der Waals surface area contributed by atoms with Crippen LogP contribution < -0.4 is 11.3 Å². The van der Waals surface area contributed by atoms with Crippen molar-refractivity contribution in [3.63, 3.8) is 0 Å². The van der Waals surface area contributed by atoms with Crippen LogP contribution in [0.2, 0.25) is 0 Å². The van der Waals surface area contributed by atoms with Crippen molar-refractivity contribution in [3.05, 3.63) is 65.0 Å². The highest BCUT2D eigenvalue weighted by Gasteiger charge is 2.20. The van der Waals surface area contributed by atoms with E-state index in [9.17, 15) is 9.18 Å². The zero-order chi connectivity index (χ0) is 18.4. The van der Waals surface area contributed by atoms with Crippen LogP contribution in [0.3, 0.4) is 0 Å². The number of aromatic nitrogens is 4. The van der Waals surface area contributed by atoms with Crippen LogP contribution in [0.25, 0.3) is 33.4 Å². The first-order valence-corrected chi connectivity index (χ1v) is 8.00. The second kappa shape index (κ2) is 5.80. The first-order valence-electron chi connectivity index (χ1n) is 8.00. The van der Waals surface area contributed by atoms with Crippen LogP contribution >= 0.6 is 0 Å². The zero-order valence-corrected chi connectivity index (χ0v) is 14.3. The van der Waals surface area contributed by atoms with Crippen molar-refractivity contribution >= 4 is 16.7 Å². The van der Waals surface area contributed by atoms with Crippen molar-refractivity contribution in [2.24, 2.45) is 14.1 Å². The van der Waals surface area contributed by atoms with Gasteiger partial charge in [-0.1, -0.05) is 12.1 Å².